The Morgan fingerprint density at radius 1 is 1.40 bits per heavy atom. The molecule has 5 heteroatoms. The molecule has 84 valence electrons. The average molecular weight is 347 g/mol. The Hall–Kier alpha value is -0.100. The smallest absolute Gasteiger partial charge is 0.387 e. The summed E-state index contributed by atoms with van der Waals surface area (Å²) >= 11 is 7.52. The van der Waals surface area contributed by atoms with Crippen LogP contribution in [0.15, 0.2) is 18.2 Å². The minimum atomic E-state index is -2.78. The lowest BCUT2D eigenvalue weighted by Crippen LogP contribution is -2.03. The highest BCUT2D eigenvalue weighted by Gasteiger charge is 2.08. The van der Waals surface area contributed by atoms with E-state index < -0.39 is 6.61 Å². The standard InChI is InChI=1S/C10H10ClF2IO/c11-5-1-2-7-3-4-8(14)9(6-7)15-10(12)13/h3-4,6,10H,1-2,5H2. The zero-order chi connectivity index (χ0) is 11.3. The minimum Gasteiger partial charge on any atom is -0.434 e. The summed E-state index contributed by atoms with van der Waals surface area (Å²) in [6.45, 7) is -2.78. The van der Waals surface area contributed by atoms with Crippen LogP contribution in [0.3, 0.4) is 0 Å². The molecule has 0 heterocycles. The molecule has 0 amide bonds. The van der Waals surface area contributed by atoms with Gasteiger partial charge in [-0.3, -0.25) is 0 Å². The number of aryl methyl sites for hydroxylation is 1. The van der Waals surface area contributed by atoms with Crippen molar-refractivity contribution in [1.82, 2.24) is 0 Å². The maximum Gasteiger partial charge on any atom is 0.387 e. The van der Waals surface area contributed by atoms with Gasteiger partial charge in [0.25, 0.3) is 0 Å². The maximum absolute atomic E-state index is 12.0. The van der Waals surface area contributed by atoms with E-state index in [-0.39, 0.29) is 5.75 Å². The summed E-state index contributed by atoms with van der Waals surface area (Å²) < 4.78 is 29.1. The normalized spacial score (nSPS) is 10.7. The molecule has 0 N–H and O–H groups in total. The monoisotopic (exact) mass is 346 g/mol. The molecule has 0 unspecified atom stereocenters. The van der Waals surface area contributed by atoms with Gasteiger partial charge in [0, 0.05) is 5.88 Å². The molecular formula is C10H10ClF2IO. The van der Waals surface area contributed by atoms with Crippen molar-refractivity contribution in [2.45, 2.75) is 19.5 Å². The lowest BCUT2D eigenvalue weighted by molar-refractivity contribution is -0.0504. The molecular weight excluding hydrogens is 336 g/mol. The molecule has 1 rings (SSSR count). The Morgan fingerprint density at radius 3 is 2.73 bits per heavy atom. The van der Waals surface area contributed by atoms with E-state index in [9.17, 15) is 8.78 Å². The lowest BCUT2D eigenvalue weighted by atomic mass is 10.1. The number of halogens is 4. The first kappa shape index (κ1) is 13.0. The van der Waals surface area contributed by atoms with Crippen LogP contribution in [-0.2, 0) is 6.42 Å². The predicted octanol–water partition coefficient (Wildman–Crippen LogP) is 4.06. The molecule has 1 nitrogen and oxygen atoms in total. The third-order valence-corrected chi connectivity index (χ3v) is 2.97. The Balaban J connectivity index is 2.75. The maximum atomic E-state index is 12.0. The van der Waals surface area contributed by atoms with Crippen molar-refractivity contribution in [3.8, 4) is 5.75 Å². The molecule has 0 spiro atoms. The third-order valence-electron chi connectivity index (χ3n) is 1.81. The van der Waals surface area contributed by atoms with Gasteiger partial charge in [0.15, 0.2) is 0 Å². The van der Waals surface area contributed by atoms with Crippen molar-refractivity contribution in [2.75, 3.05) is 5.88 Å². The van der Waals surface area contributed by atoms with E-state index >= 15 is 0 Å². The molecule has 1 aromatic carbocycles. The zero-order valence-corrected chi connectivity index (χ0v) is 10.8. The Kier molecular flexibility index (Phi) is 5.60. The second-order valence-corrected chi connectivity index (χ2v) is 4.48. The van der Waals surface area contributed by atoms with Crippen LogP contribution in [0, 0.1) is 3.57 Å². The van der Waals surface area contributed by atoms with Crippen LogP contribution >= 0.6 is 34.2 Å². The third kappa shape index (κ3) is 4.51. The summed E-state index contributed by atoms with van der Waals surface area (Å²) in [4.78, 5) is 0. The SMILES string of the molecule is FC(F)Oc1cc(CCCCl)ccc1I. The molecule has 15 heavy (non-hydrogen) atoms. The highest BCUT2D eigenvalue weighted by molar-refractivity contribution is 14.1. The van der Waals surface area contributed by atoms with Gasteiger partial charge in [0.1, 0.15) is 5.75 Å². The van der Waals surface area contributed by atoms with Crippen molar-refractivity contribution >= 4 is 34.2 Å². The fourth-order valence-corrected chi connectivity index (χ4v) is 1.76. The van der Waals surface area contributed by atoms with E-state index in [4.69, 9.17) is 11.6 Å². The fourth-order valence-electron chi connectivity index (χ4n) is 1.16. The lowest BCUT2D eigenvalue weighted by Gasteiger charge is -2.08. The number of benzene rings is 1. The molecule has 0 fully saturated rings. The van der Waals surface area contributed by atoms with Gasteiger partial charge in [-0.25, -0.2) is 0 Å². The number of hydrogen-bond donors (Lipinski definition) is 0. The summed E-state index contributed by atoms with van der Waals surface area (Å²) in [5.41, 5.74) is 0.965. The minimum absolute atomic E-state index is 0.234. The largest absolute Gasteiger partial charge is 0.434 e. The quantitative estimate of drug-likeness (QED) is 0.577. The highest BCUT2D eigenvalue weighted by Crippen LogP contribution is 2.24. The highest BCUT2D eigenvalue weighted by atomic mass is 127. The van der Waals surface area contributed by atoms with Crippen molar-refractivity contribution in [3.63, 3.8) is 0 Å². The molecule has 0 aliphatic carbocycles. The first-order valence-electron chi connectivity index (χ1n) is 4.42. The molecule has 0 saturated heterocycles. The number of rotatable bonds is 5. The summed E-state index contributed by atoms with van der Waals surface area (Å²) in [6.07, 6.45) is 1.61. The van der Waals surface area contributed by atoms with E-state index in [0.717, 1.165) is 18.4 Å². The fraction of sp³-hybridized carbons (Fsp3) is 0.400. The zero-order valence-electron chi connectivity index (χ0n) is 7.85. The van der Waals surface area contributed by atoms with Gasteiger partial charge in [0.2, 0.25) is 0 Å². The van der Waals surface area contributed by atoms with Gasteiger partial charge in [-0.05, 0) is 53.1 Å². The van der Waals surface area contributed by atoms with Gasteiger partial charge in [0.05, 0.1) is 3.57 Å². The Bertz CT molecular complexity index is 320. The van der Waals surface area contributed by atoms with E-state index in [2.05, 4.69) is 4.74 Å². The second-order valence-electron chi connectivity index (χ2n) is 2.94. The van der Waals surface area contributed by atoms with Crippen LogP contribution in [0.4, 0.5) is 8.78 Å². The van der Waals surface area contributed by atoms with Crippen molar-refractivity contribution < 1.29 is 13.5 Å². The van der Waals surface area contributed by atoms with Gasteiger partial charge in [-0.1, -0.05) is 6.07 Å². The molecule has 1 aromatic rings. The van der Waals surface area contributed by atoms with Gasteiger partial charge >= 0.3 is 6.61 Å². The van der Waals surface area contributed by atoms with Crippen LogP contribution in [0.25, 0.3) is 0 Å². The van der Waals surface area contributed by atoms with E-state index in [0.29, 0.717) is 9.45 Å². The van der Waals surface area contributed by atoms with Crippen molar-refractivity contribution in [3.05, 3.63) is 27.3 Å². The Labute approximate surface area is 106 Å². The first-order chi connectivity index (χ1) is 7.13. The van der Waals surface area contributed by atoms with Gasteiger partial charge < -0.3 is 4.74 Å². The molecule has 0 atom stereocenters. The summed E-state index contributed by atoms with van der Waals surface area (Å²) in [5.74, 6) is 0.800. The molecule has 0 saturated carbocycles. The number of hydrogen-bond acceptors (Lipinski definition) is 1. The van der Waals surface area contributed by atoms with Crippen molar-refractivity contribution in [1.29, 1.82) is 0 Å². The predicted molar refractivity (Wildman–Crippen MR) is 64.8 cm³/mol. The summed E-state index contributed by atoms with van der Waals surface area (Å²) in [6, 6.07) is 5.30. The van der Waals surface area contributed by atoms with Gasteiger partial charge in [-0.2, -0.15) is 8.78 Å². The van der Waals surface area contributed by atoms with Crippen LogP contribution in [-0.4, -0.2) is 12.5 Å². The second kappa shape index (κ2) is 6.48. The van der Waals surface area contributed by atoms with E-state index in [1.807, 2.05) is 28.7 Å². The van der Waals surface area contributed by atoms with Crippen LogP contribution < -0.4 is 4.74 Å². The van der Waals surface area contributed by atoms with Crippen LogP contribution in [0.1, 0.15) is 12.0 Å². The number of alkyl halides is 3. The molecule has 0 radical (unpaired) electrons. The summed E-state index contributed by atoms with van der Waals surface area (Å²) in [7, 11) is 0. The molecule has 0 aromatic heterocycles. The first-order valence-corrected chi connectivity index (χ1v) is 6.04. The summed E-state index contributed by atoms with van der Waals surface area (Å²) in [5, 5.41) is 0. The van der Waals surface area contributed by atoms with Crippen LogP contribution in [0.5, 0.6) is 5.75 Å². The Morgan fingerprint density at radius 2 is 2.13 bits per heavy atom. The van der Waals surface area contributed by atoms with Gasteiger partial charge in [-0.15, -0.1) is 11.6 Å². The van der Waals surface area contributed by atoms with E-state index in [1.165, 1.54) is 0 Å². The topological polar surface area (TPSA) is 9.23 Å². The molecule has 0 aliphatic rings. The molecule has 0 bridgehead atoms. The molecule has 0 aliphatic heterocycles. The average Bonchev–Trinajstić information content (AvgIpc) is 2.18. The van der Waals surface area contributed by atoms with E-state index in [1.54, 1.807) is 12.1 Å². The number of ether oxygens (including phenoxy) is 1. The van der Waals surface area contributed by atoms with Crippen molar-refractivity contribution in [2.24, 2.45) is 0 Å². The van der Waals surface area contributed by atoms with Crippen LogP contribution in [0.2, 0.25) is 0 Å².